The fraction of sp³-hybridized carbons (Fsp3) is 0.667. The number of aromatic amines is 1. The van der Waals surface area contributed by atoms with E-state index in [0.29, 0.717) is 19.7 Å². The standard InChI is InChI=1S/C12H22N4O3S/c1-12(2,20-4)7-14-8-9(13)16(5-6-19-3)11(18)15-10(8)17/h14H,5-7,13H2,1-4H3,(H,15,17,18). The van der Waals surface area contributed by atoms with Crippen LogP contribution >= 0.6 is 11.8 Å². The monoisotopic (exact) mass is 302 g/mol. The molecule has 0 saturated carbocycles. The van der Waals surface area contributed by atoms with E-state index in [0.717, 1.165) is 0 Å². The largest absolute Gasteiger partial charge is 0.383 e. The highest BCUT2D eigenvalue weighted by Crippen LogP contribution is 2.22. The van der Waals surface area contributed by atoms with Crippen LogP contribution in [0.3, 0.4) is 0 Å². The Morgan fingerprint density at radius 2 is 2.10 bits per heavy atom. The highest BCUT2D eigenvalue weighted by Gasteiger charge is 2.18. The number of thioether (sulfide) groups is 1. The summed E-state index contributed by atoms with van der Waals surface area (Å²) in [5.41, 5.74) is 5.11. The summed E-state index contributed by atoms with van der Waals surface area (Å²) < 4.78 is 6.17. The number of methoxy groups -OCH3 is 1. The number of hydrogen-bond donors (Lipinski definition) is 3. The molecule has 0 fully saturated rings. The van der Waals surface area contributed by atoms with Crippen molar-refractivity contribution in [2.45, 2.75) is 25.1 Å². The first-order valence-corrected chi connectivity index (χ1v) is 7.45. The second-order valence-corrected chi connectivity index (χ2v) is 6.49. The molecule has 8 heteroatoms. The molecule has 0 unspecified atom stereocenters. The Bertz CT molecular complexity index is 565. The second kappa shape index (κ2) is 6.85. The second-order valence-electron chi connectivity index (χ2n) is 4.98. The molecule has 0 aliphatic carbocycles. The van der Waals surface area contributed by atoms with Crippen LogP contribution < -0.4 is 22.3 Å². The predicted octanol–water partition coefficient (Wildman–Crippen LogP) is 0.319. The summed E-state index contributed by atoms with van der Waals surface area (Å²) in [5.74, 6) is 0.132. The molecule has 7 nitrogen and oxygen atoms in total. The van der Waals surface area contributed by atoms with E-state index < -0.39 is 11.2 Å². The molecule has 0 saturated heterocycles. The normalized spacial score (nSPS) is 11.6. The summed E-state index contributed by atoms with van der Waals surface area (Å²) in [6.07, 6.45) is 1.99. The van der Waals surface area contributed by atoms with Crippen LogP contribution in [0.15, 0.2) is 9.59 Å². The lowest BCUT2D eigenvalue weighted by atomic mass is 10.2. The van der Waals surface area contributed by atoms with Crippen LogP contribution in [-0.4, -0.2) is 40.8 Å². The van der Waals surface area contributed by atoms with Gasteiger partial charge in [-0.1, -0.05) is 0 Å². The fourth-order valence-electron chi connectivity index (χ4n) is 1.54. The minimum atomic E-state index is -0.528. The third kappa shape index (κ3) is 4.04. The molecule has 0 aromatic carbocycles. The average molecular weight is 302 g/mol. The minimum Gasteiger partial charge on any atom is -0.383 e. The van der Waals surface area contributed by atoms with E-state index in [-0.39, 0.29) is 16.3 Å². The molecule has 0 aliphatic rings. The molecule has 0 amide bonds. The van der Waals surface area contributed by atoms with Gasteiger partial charge in [0, 0.05) is 18.4 Å². The van der Waals surface area contributed by atoms with Gasteiger partial charge >= 0.3 is 5.69 Å². The number of nitrogen functional groups attached to an aromatic ring is 1. The number of ether oxygens (including phenoxy) is 1. The summed E-state index contributed by atoms with van der Waals surface area (Å²) in [6, 6.07) is 0. The highest BCUT2D eigenvalue weighted by molar-refractivity contribution is 7.99. The van der Waals surface area contributed by atoms with Gasteiger partial charge in [-0.05, 0) is 20.1 Å². The number of rotatable bonds is 7. The van der Waals surface area contributed by atoms with E-state index in [2.05, 4.69) is 24.1 Å². The molecule has 1 aromatic rings. The lowest BCUT2D eigenvalue weighted by Gasteiger charge is -2.23. The molecular weight excluding hydrogens is 280 g/mol. The van der Waals surface area contributed by atoms with Crippen molar-refractivity contribution >= 4 is 23.3 Å². The Kier molecular flexibility index (Phi) is 5.70. The number of anilines is 2. The van der Waals surface area contributed by atoms with Gasteiger partial charge in [0.15, 0.2) is 0 Å². The lowest BCUT2D eigenvalue weighted by Crippen LogP contribution is -2.36. The summed E-state index contributed by atoms with van der Waals surface area (Å²) >= 11 is 1.68. The van der Waals surface area contributed by atoms with Crippen molar-refractivity contribution in [1.82, 2.24) is 9.55 Å². The zero-order valence-electron chi connectivity index (χ0n) is 12.3. The topological polar surface area (TPSA) is 102 Å². The minimum absolute atomic E-state index is 0.0492. The van der Waals surface area contributed by atoms with Gasteiger partial charge in [0.05, 0.1) is 13.2 Å². The molecular formula is C12H22N4O3S. The smallest absolute Gasteiger partial charge is 0.330 e. The van der Waals surface area contributed by atoms with Crippen LogP contribution in [-0.2, 0) is 11.3 Å². The molecule has 4 N–H and O–H groups in total. The third-order valence-electron chi connectivity index (χ3n) is 3.00. The van der Waals surface area contributed by atoms with E-state index in [9.17, 15) is 9.59 Å². The lowest BCUT2D eigenvalue weighted by molar-refractivity contribution is 0.186. The Hall–Kier alpha value is -1.41. The van der Waals surface area contributed by atoms with Crippen molar-refractivity contribution in [3.63, 3.8) is 0 Å². The van der Waals surface area contributed by atoms with Gasteiger partial charge in [0.2, 0.25) is 0 Å². The van der Waals surface area contributed by atoms with Crippen LogP contribution in [0.1, 0.15) is 13.8 Å². The summed E-state index contributed by atoms with van der Waals surface area (Å²) in [4.78, 5) is 25.8. The Labute approximate surface area is 121 Å². The molecule has 0 spiro atoms. The maximum atomic E-state index is 11.8. The first-order valence-electron chi connectivity index (χ1n) is 6.23. The van der Waals surface area contributed by atoms with Crippen LogP contribution in [0.4, 0.5) is 11.5 Å². The van der Waals surface area contributed by atoms with Gasteiger partial charge in [-0.25, -0.2) is 4.79 Å². The Morgan fingerprint density at radius 1 is 1.45 bits per heavy atom. The predicted molar refractivity (Wildman–Crippen MR) is 83.7 cm³/mol. The summed E-state index contributed by atoms with van der Waals surface area (Å²) in [7, 11) is 1.53. The average Bonchev–Trinajstić information content (AvgIpc) is 2.38. The molecule has 0 bridgehead atoms. The molecule has 0 radical (unpaired) electrons. The van der Waals surface area contributed by atoms with E-state index in [1.807, 2.05) is 6.26 Å². The van der Waals surface area contributed by atoms with Gasteiger partial charge < -0.3 is 15.8 Å². The third-order valence-corrected chi connectivity index (χ3v) is 4.25. The van der Waals surface area contributed by atoms with Crippen LogP contribution in [0.25, 0.3) is 0 Å². The molecule has 20 heavy (non-hydrogen) atoms. The van der Waals surface area contributed by atoms with Gasteiger partial charge in [0.25, 0.3) is 5.56 Å². The zero-order valence-corrected chi connectivity index (χ0v) is 13.1. The number of aromatic nitrogens is 2. The van der Waals surface area contributed by atoms with Crippen molar-refractivity contribution in [1.29, 1.82) is 0 Å². The first kappa shape index (κ1) is 16.6. The van der Waals surface area contributed by atoms with Crippen LogP contribution in [0, 0.1) is 0 Å². The molecule has 0 aliphatic heterocycles. The molecule has 1 aromatic heterocycles. The van der Waals surface area contributed by atoms with Gasteiger partial charge in [0.1, 0.15) is 11.5 Å². The van der Waals surface area contributed by atoms with E-state index in [1.165, 1.54) is 11.7 Å². The zero-order chi connectivity index (χ0) is 15.3. The summed E-state index contributed by atoms with van der Waals surface area (Å²) in [6.45, 7) is 5.29. The van der Waals surface area contributed by atoms with Crippen LogP contribution in [0.5, 0.6) is 0 Å². The maximum absolute atomic E-state index is 11.8. The van der Waals surface area contributed by atoms with Crippen LogP contribution in [0.2, 0.25) is 0 Å². The SMILES string of the molecule is COCCn1c(N)c(NCC(C)(C)SC)c(=O)[nH]c1=O. The van der Waals surface area contributed by atoms with Crippen molar-refractivity contribution in [2.24, 2.45) is 0 Å². The number of H-pyrrole nitrogens is 1. The van der Waals surface area contributed by atoms with E-state index >= 15 is 0 Å². The highest BCUT2D eigenvalue weighted by atomic mass is 32.2. The van der Waals surface area contributed by atoms with Gasteiger partial charge in [-0.2, -0.15) is 11.8 Å². The van der Waals surface area contributed by atoms with Crippen molar-refractivity contribution in [3.05, 3.63) is 20.8 Å². The molecule has 1 rings (SSSR count). The van der Waals surface area contributed by atoms with Crippen molar-refractivity contribution in [3.8, 4) is 0 Å². The van der Waals surface area contributed by atoms with E-state index in [1.54, 1.807) is 11.8 Å². The first-order chi connectivity index (χ1) is 9.32. The maximum Gasteiger partial charge on any atom is 0.330 e. The van der Waals surface area contributed by atoms with Gasteiger partial charge in [-0.15, -0.1) is 0 Å². The van der Waals surface area contributed by atoms with Crippen molar-refractivity contribution < 1.29 is 4.74 Å². The number of nitrogens with one attached hydrogen (secondary N) is 2. The fourth-order valence-corrected chi connectivity index (χ4v) is 1.75. The van der Waals surface area contributed by atoms with Gasteiger partial charge in [-0.3, -0.25) is 14.3 Å². The Balaban J connectivity index is 3.07. The quantitative estimate of drug-likeness (QED) is 0.670. The Morgan fingerprint density at radius 3 is 2.65 bits per heavy atom. The number of nitrogens with zero attached hydrogens (tertiary/aromatic N) is 1. The van der Waals surface area contributed by atoms with Crippen molar-refractivity contribution in [2.75, 3.05) is 37.6 Å². The molecule has 0 atom stereocenters. The number of nitrogens with two attached hydrogens (primary N) is 1. The number of hydrogen-bond acceptors (Lipinski definition) is 6. The summed E-state index contributed by atoms with van der Waals surface area (Å²) in [5, 5.41) is 3.03. The van der Waals surface area contributed by atoms with E-state index in [4.69, 9.17) is 10.5 Å². The molecule has 114 valence electrons. The molecule has 1 heterocycles.